The number of hydrogen-bond acceptors (Lipinski definition) is 4. The summed E-state index contributed by atoms with van der Waals surface area (Å²) in [6.07, 6.45) is 7.18. The minimum atomic E-state index is -0.0557. The molecule has 0 bridgehead atoms. The summed E-state index contributed by atoms with van der Waals surface area (Å²) in [6.45, 7) is 2.31. The average molecular weight is 249 g/mol. The Balaban J connectivity index is 1.78. The highest BCUT2D eigenvalue weighted by molar-refractivity contribution is 5.72. The van der Waals surface area contributed by atoms with E-state index in [0.717, 1.165) is 31.4 Å². The van der Waals surface area contributed by atoms with Crippen LogP contribution in [-0.4, -0.2) is 23.7 Å². The Bertz CT molecular complexity index is 372. The summed E-state index contributed by atoms with van der Waals surface area (Å²) in [6, 6.07) is 3.72. The number of esters is 1. The van der Waals surface area contributed by atoms with Crippen LogP contribution in [0.15, 0.2) is 24.5 Å². The second kappa shape index (κ2) is 6.38. The molecule has 1 aromatic heterocycles. The standard InChI is InChI=1S/C14H19NO3/c1-2-17-14(16)11-3-5-12(6-4-11)18-13-7-9-15-10-8-13/h7-12H,2-6H2,1H3/t11-,12+. The summed E-state index contributed by atoms with van der Waals surface area (Å²) in [5.74, 6) is 0.853. The Labute approximate surface area is 107 Å². The zero-order chi connectivity index (χ0) is 12.8. The predicted molar refractivity (Wildman–Crippen MR) is 67.2 cm³/mol. The van der Waals surface area contributed by atoms with Crippen molar-refractivity contribution in [3.05, 3.63) is 24.5 Å². The van der Waals surface area contributed by atoms with E-state index in [1.165, 1.54) is 0 Å². The molecule has 1 heterocycles. The fourth-order valence-corrected chi connectivity index (χ4v) is 2.29. The van der Waals surface area contributed by atoms with Gasteiger partial charge in [0.25, 0.3) is 0 Å². The number of ether oxygens (including phenoxy) is 2. The molecular weight excluding hydrogens is 230 g/mol. The predicted octanol–water partition coefficient (Wildman–Crippen LogP) is 2.58. The van der Waals surface area contributed by atoms with Gasteiger partial charge < -0.3 is 9.47 Å². The van der Waals surface area contributed by atoms with Gasteiger partial charge >= 0.3 is 5.97 Å². The average Bonchev–Trinajstić information content (AvgIpc) is 2.41. The summed E-state index contributed by atoms with van der Waals surface area (Å²) in [4.78, 5) is 15.5. The first-order valence-electron chi connectivity index (χ1n) is 6.53. The summed E-state index contributed by atoms with van der Waals surface area (Å²) in [7, 11) is 0. The number of carbonyl (C=O) groups excluding carboxylic acids is 1. The summed E-state index contributed by atoms with van der Waals surface area (Å²) >= 11 is 0. The molecular formula is C14H19NO3. The van der Waals surface area contributed by atoms with Crippen molar-refractivity contribution in [1.82, 2.24) is 4.98 Å². The van der Waals surface area contributed by atoms with Crippen LogP contribution in [0.25, 0.3) is 0 Å². The third-order valence-electron chi connectivity index (χ3n) is 3.25. The van der Waals surface area contributed by atoms with Gasteiger partial charge in [-0.3, -0.25) is 9.78 Å². The number of nitrogens with zero attached hydrogens (tertiary/aromatic N) is 1. The molecule has 1 aliphatic carbocycles. The van der Waals surface area contributed by atoms with Crippen LogP contribution in [0.2, 0.25) is 0 Å². The van der Waals surface area contributed by atoms with Crippen molar-refractivity contribution in [2.24, 2.45) is 5.92 Å². The first-order chi connectivity index (χ1) is 8.79. The van der Waals surface area contributed by atoms with E-state index < -0.39 is 0 Å². The molecule has 0 atom stereocenters. The maximum Gasteiger partial charge on any atom is 0.308 e. The highest BCUT2D eigenvalue weighted by Crippen LogP contribution is 2.28. The van der Waals surface area contributed by atoms with E-state index in [9.17, 15) is 4.79 Å². The maximum absolute atomic E-state index is 11.6. The lowest BCUT2D eigenvalue weighted by Gasteiger charge is -2.27. The van der Waals surface area contributed by atoms with E-state index in [0.29, 0.717) is 6.61 Å². The molecule has 0 radical (unpaired) electrons. The molecule has 1 aromatic rings. The van der Waals surface area contributed by atoms with Crippen molar-refractivity contribution in [2.75, 3.05) is 6.61 Å². The van der Waals surface area contributed by atoms with Crippen molar-refractivity contribution >= 4 is 5.97 Å². The third-order valence-corrected chi connectivity index (χ3v) is 3.25. The van der Waals surface area contributed by atoms with Crippen LogP contribution in [0.1, 0.15) is 32.6 Å². The van der Waals surface area contributed by atoms with E-state index in [-0.39, 0.29) is 18.0 Å². The van der Waals surface area contributed by atoms with Crippen LogP contribution in [-0.2, 0) is 9.53 Å². The molecule has 4 nitrogen and oxygen atoms in total. The molecule has 4 heteroatoms. The fourth-order valence-electron chi connectivity index (χ4n) is 2.29. The Kier molecular flexibility index (Phi) is 4.56. The van der Waals surface area contributed by atoms with Crippen LogP contribution in [0.3, 0.4) is 0 Å². The largest absolute Gasteiger partial charge is 0.490 e. The van der Waals surface area contributed by atoms with Gasteiger partial charge in [-0.2, -0.15) is 0 Å². The smallest absolute Gasteiger partial charge is 0.308 e. The van der Waals surface area contributed by atoms with E-state index >= 15 is 0 Å². The van der Waals surface area contributed by atoms with Gasteiger partial charge in [-0.05, 0) is 44.7 Å². The number of rotatable bonds is 4. The highest BCUT2D eigenvalue weighted by Gasteiger charge is 2.28. The first kappa shape index (κ1) is 12.9. The fraction of sp³-hybridized carbons (Fsp3) is 0.571. The van der Waals surface area contributed by atoms with Gasteiger partial charge in [-0.15, -0.1) is 0 Å². The molecule has 0 amide bonds. The van der Waals surface area contributed by atoms with Gasteiger partial charge in [0.2, 0.25) is 0 Å². The molecule has 0 unspecified atom stereocenters. The van der Waals surface area contributed by atoms with Gasteiger partial charge in [0.1, 0.15) is 5.75 Å². The maximum atomic E-state index is 11.6. The lowest BCUT2D eigenvalue weighted by atomic mass is 9.87. The van der Waals surface area contributed by atoms with E-state index in [1.54, 1.807) is 12.4 Å². The summed E-state index contributed by atoms with van der Waals surface area (Å²) in [5, 5.41) is 0. The zero-order valence-corrected chi connectivity index (χ0v) is 10.7. The molecule has 1 fully saturated rings. The molecule has 2 rings (SSSR count). The van der Waals surface area contributed by atoms with Crippen molar-refractivity contribution in [2.45, 2.75) is 38.7 Å². The molecule has 0 aromatic carbocycles. The van der Waals surface area contributed by atoms with E-state index in [1.807, 2.05) is 19.1 Å². The Morgan fingerprint density at radius 3 is 2.56 bits per heavy atom. The topological polar surface area (TPSA) is 48.4 Å². The Morgan fingerprint density at radius 1 is 1.28 bits per heavy atom. The van der Waals surface area contributed by atoms with Gasteiger partial charge in [0.15, 0.2) is 0 Å². The molecule has 0 spiro atoms. The van der Waals surface area contributed by atoms with Crippen molar-refractivity contribution in [3.63, 3.8) is 0 Å². The lowest BCUT2D eigenvalue weighted by Crippen LogP contribution is -2.29. The molecule has 1 saturated carbocycles. The van der Waals surface area contributed by atoms with Crippen molar-refractivity contribution in [1.29, 1.82) is 0 Å². The van der Waals surface area contributed by atoms with Gasteiger partial charge in [0.05, 0.1) is 18.6 Å². The quantitative estimate of drug-likeness (QED) is 0.769. The van der Waals surface area contributed by atoms with E-state index in [2.05, 4.69) is 4.98 Å². The van der Waals surface area contributed by atoms with Gasteiger partial charge in [0, 0.05) is 12.4 Å². The second-order valence-corrected chi connectivity index (χ2v) is 4.53. The normalized spacial score (nSPS) is 23.4. The van der Waals surface area contributed by atoms with Crippen LogP contribution in [0, 0.1) is 5.92 Å². The zero-order valence-electron chi connectivity index (χ0n) is 10.7. The molecule has 98 valence electrons. The van der Waals surface area contributed by atoms with Crippen molar-refractivity contribution in [3.8, 4) is 5.75 Å². The minimum Gasteiger partial charge on any atom is -0.490 e. The number of carbonyl (C=O) groups is 1. The molecule has 18 heavy (non-hydrogen) atoms. The van der Waals surface area contributed by atoms with Crippen LogP contribution < -0.4 is 4.74 Å². The number of hydrogen-bond donors (Lipinski definition) is 0. The van der Waals surface area contributed by atoms with Crippen LogP contribution in [0.5, 0.6) is 5.75 Å². The molecule has 0 aliphatic heterocycles. The third kappa shape index (κ3) is 3.45. The highest BCUT2D eigenvalue weighted by atomic mass is 16.5. The first-order valence-corrected chi connectivity index (χ1v) is 6.53. The summed E-state index contributed by atoms with van der Waals surface area (Å²) in [5.41, 5.74) is 0. The van der Waals surface area contributed by atoms with Crippen LogP contribution >= 0.6 is 0 Å². The lowest BCUT2D eigenvalue weighted by molar-refractivity contribution is -0.149. The van der Waals surface area contributed by atoms with Gasteiger partial charge in [-0.1, -0.05) is 0 Å². The van der Waals surface area contributed by atoms with Crippen molar-refractivity contribution < 1.29 is 14.3 Å². The number of aromatic nitrogens is 1. The van der Waals surface area contributed by atoms with Gasteiger partial charge in [-0.25, -0.2) is 0 Å². The Morgan fingerprint density at radius 2 is 1.94 bits per heavy atom. The number of pyridine rings is 1. The monoisotopic (exact) mass is 249 g/mol. The molecule has 0 N–H and O–H groups in total. The minimum absolute atomic E-state index is 0.0557. The van der Waals surface area contributed by atoms with Crippen LogP contribution in [0.4, 0.5) is 0 Å². The SMILES string of the molecule is CCOC(=O)[C@H]1CC[C@@H](Oc2ccncc2)CC1. The molecule has 0 saturated heterocycles. The molecule has 1 aliphatic rings. The summed E-state index contributed by atoms with van der Waals surface area (Å²) < 4.78 is 10.9. The van der Waals surface area contributed by atoms with E-state index in [4.69, 9.17) is 9.47 Å². The second-order valence-electron chi connectivity index (χ2n) is 4.53. The Hall–Kier alpha value is -1.58.